The normalized spacial score (nSPS) is 26.6. The Morgan fingerprint density at radius 3 is 2.80 bits per heavy atom. The van der Waals surface area contributed by atoms with Gasteiger partial charge in [-0.05, 0) is 43.0 Å². The summed E-state index contributed by atoms with van der Waals surface area (Å²) < 4.78 is 26.3. The molecule has 0 bridgehead atoms. The predicted molar refractivity (Wildman–Crippen MR) is 55.7 cm³/mol. The third-order valence-electron chi connectivity index (χ3n) is 3.15. The van der Waals surface area contributed by atoms with Gasteiger partial charge in [0.25, 0.3) is 0 Å². The Labute approximate surface area is 88.5 Å². The van der Waals surface area contributed by atoms with Crippen LogP contribution in [0.1, 0.15) is 24.8 Å². The SMILES string of the molecule is CC1CNCCC1c1ccc(F)cc1F. The van der Waals surface area contributed by atoms with Crippen LogP contribution in [0.2, 0.25) is 0 Å². The van der Waals surface area contributed by atoms with Crippen LogP contribution in [0.5, 0.6) is 0 Å². The van der Waals surface area contributed by atoms with Gasteiger partial charge < -0.3 is 5.32 Å². The molecule has 1 fully saturated rings. The lowest BCUT2D eigenvalue weighted by atomic mass is 9.82. The Hall–Kier alpha value is -0.960. The molecule has 0 saturated carbocycles. The van der Waals surface area contributed by atoms with Crippen molar-refractivity contribution in [2.75, 3.05) is 13.1 Å². The Bertz CT molecular complexity index is 351. The monoisotopic (exact) mass is 211 g/mol. The van der Waals surface area contributed by atoms with Gasteiger partial charge in [0.15, 0.2) is 0 Å². The molecule has 0 radical (unpaired) electrons. The molecule has 2 rings (SSSR count). The van der Waals surface area contributed by atoms with Gasteiger partial charge in [-0.3, -0.25) is 0 Å². The summed E-state index contributed by atoms with van der Waals surface area (Å²) in [6, 6.07) is 3.90. The molecule has 0 aromatic heterocycles. The number of nitrogens with one attached hydrogen (secondary N) is 1. The van der Waals surface area contributed by atoms with Crippen LogP contribution in [0.3, 0.4) is 0 Å². The van der Waals surface area contributed by atoms with E-state index < -0.39 is 11.6 Å². The second-order valence-electron chi connectivity index (χ2n) is 4.24. The molecule has 1 aliphatic rings. The summed E-state index contributed by atoms with van der Waals surface area (Å²) in [7, 11) is 0. The van der Waals surface area contributed by atoms with E-state index in [4.69, 9.17) is 0 Å². The first-order valence-electron chi connectivity index (χ1n) is 5.34. The maximum atomic E-state index is 13.5. The topological polar surface area (TPSA) is 12.0 Å². The second-order valence-corrected chi connectivity index (χ2v) is 4.24. The minimum atomic E-state index is -0.502. The van der Waals surface area contributed by atoms with E-state index in [2.05, 4.69) is 12.2 Å². The van der Waals surface area contributed by atoms with Gasteiger partial charge in [-0.2, -0.15) is 0 Å². The maximum Gasteiger partial charge on any atom is 0.129 e. The van der Waals surface area contributed by atoms with E-state index in [9.17, 15) is 8.78 Å². The van der Waals surface area contributed by atoms with Crippen LogP contribution in [0.15, 0.2) is 18.2 Å². The fourth-order valence-electron chi connectivity index (χ4n) is 2.28. The number of hydrogen-bond donors (Lipinski definition) is 1. The van der Waals surface area contributed by atoms with Crippen molar-refractivity contribution in [1.82, 2.24) is 5.32 Å². The van der Waals surface area contributed by atoms with Crippen molar-refractivity contribution >= 4 is 0 Å². The zero-order valence-electron chi connectivity index (χ0n) is 8.76. The number of rotatable bonds is 1. The smallest absolute Gasteiger partial charge is 0.129 e. The average molecular weight is 211 g/mol. The summed E-state index contributed by atoms with van der Waals surface area (Å²) in [6.07, 6.45) is 0.920. The molecule has 82 valence electrons. The molecule has 2 unspecified atom stereocenters. The van der Waals surface area contributed by atoms with Crippen molar-refractivity contribution in [3.8, 4) is 0 Å². The Balaban J connectivity index is 2.27. The first-order chi connectivity index (χ1) is 7.18. The van der Waals surface area contributed by atoms with E-state index in [1.165, 1.54) is 6.07 Å². The predicted octanol–water partition coefficient (Wildman–Crippen LogP) is 2.68. The van der Waals surface area contributed by atoms with Gasteiger partial charge >= 0.3 is 0 Å². The Morgan fingerprint density at radius 1 is 1.33 bits per heavy atom. The van der Waals surface area contributed by atoms with Crippen LogP contribution in [0, 0.1) is 17.6 Å². The van der Waals surface area contributed by atoms with Crippen LogP contribution < -0.4 is 5.32 Å². The molecule has 0 spiro atoms. The summed E-state index contributed by atoms with van der Waals surface area (Å²) in [4.78, 5) is 0. The molecule has 0 amide bonds. The maximum absolute atomic E-state index is 13.5. The summed E-state index contributed by atoms with van der Waals surface area (Å²) in [5, 5.41) is 3.27. The molecule has 1 heterocycles. The van der Waals surface area contributed by atoms with Gasteiger partial charge in [-0.15, -0.1) is 0 Å². The lowest BCUT2D eigenvalue weighted by molar-refractivity contribution is 0.341. The molecule has 3 heteroatoms. The molecule has 1 saturated heterocycles. The largest absolute Gasteiger partial charge is 0.316 e. The molecular weight excluding hydrogens is 196 g/mol. The number of hydrogen-bond acceptors (Lipinski definition) is 1. The van der Waals surface area contributed by atoms with Gasteiger partial charge in [-0.25, -0.2) is 8.78 Å². The van der Waals surface area contributed by atoms with Crippen LogP contribution in [-0.2, 0) is 0 Å². The van der Waals surface area contributed by atoms with Crippen molar-refractivity contribution in [1.29, 1.82) is 0 Å². The first kappa shape index (κ1) is 10.6. The molecule has 2 atom stereocenters. The minimum Gasteiger partial charge on any atom is -0.316 e. The lowest BCUT2D eigenvalue weighted by Gasteiger charge is -2.30. The van der Waals surface area contributed by atoms with Crippen LogP contribution in [0.25, 0.3) is 0 Å². The van der Waals surface area contributed by atoms with E-state index in [1.807, 2.05) is 0 Å². The first-order valence-corrected chi connectivity index (χ1v) is 5.34. The zero-order valence-corrected chi connectivity index (χ0v) is 8.76. The van der Waals surface area contributed by atoms with Crippen molar-refractivity contribution in [2.45, 2.75) is 19.3 Å². The van der Waals surface area contributed by atoms with E-state index in [0.29, 0.717) is 11.5 Å². The van der Waals surface area contributed by atoms with Gasteiger partial charge in [0.2, 0.25) is 0 Å². The van der Waals surface area contributed by atoms with Crippen LogP contribution in [0.4, 0.5) is 8.78 Å². The highest BCUT2D eigenvalue weighted by molar-refractivity contribution is 5.24. The van der Waals surface area contributed by atoms with Crippen molar-refractivity contribution in [3.63, 3.8) is 0 Å². The van der Waals surface area contributed by atoms with E-state index in [1.54, 1.807) is 6.07 Å². The second kappa shape index (κ2) is 4.27. The molecule has 15 heavy (non-hydrogen) atoms. The van der Waals surface area contributed by atoms with Gasteiger partial charge in [0.05, 0.1) is 0 Å². The van der Waals surface area contributed by atoms with Crippen molar-refractivity contribution in [2.24, 2.45) is 5.92 Å². The minimum absolute atomic E-state index is 0.215. The molecule has 0 aliphatic carbocycles. The molecule has 1 aliphatic heterocycles. The summed E-state index contributed by atoms with van der Waals surface area (Å²) in [5.41, 5.74) is 0.658. The number of piperidine rings is 1. The van der Waals surface area contributed by atoms with E-state index in [0.717, 1.165) is 25.6 Å². The Kier molecular flexibility index (Phi) is 3.00. The zero-order chi connectivity index (χ0) is 10.8. The van der Waals surface area contributed by atoms with E-state index in [-0.39, 0.29) is 5.92 Å². The highest BCUT2D eigenvalue weighted by Crippen LogP contribution is 2.31. The van der Waals surface area contributed by atoms with Crippen LogP contribution in [-0.4, -0.2) is 13.1 Å². The molecule has 1 N–H and O–H groups in total. The summed E-state index contributed by atoms with van der Waals surface area (Å²) in [5.74, 6) is -0.294. The van der Waals surface area contributed by atoms with Gasteiger partial charge in [0.1, 0.15) is 11.6 Å². The van der Waals surface area contributed by atoms with Gasteiger partial charge in [0, 0.05) is 6.07 Å². The highest BCUT2D eigenvalue weighted by atomic mass is 19.1. The standard InChI is InChI=1S/C12H15F2N/c1-8-7-15-5-4-10(8)11-3-2-9(13)6-12(11)14/h2-3,6,8,10,15H,4-5,7H2,1H3. The summed E-state index contributed by atoms with van der Waals surface area (Å²) in [6.45, 7) is 3.91. The lowest BCUT2D eigenvalue weighted by Crippen LogP contribution is -2.34. The van der Waals surface area contributed by atoms with Crippen LogP contribution >= 0.6 is 0 Å². The molecule has 1 nitrogen and oxygen atoms in total. The highest BCUT2D eigenvalue weighted by Gasteiger charge is 2.24. The average Bonchev–Trinajstić information content (AvgIpc) is 2.20. The molecule has 1 aromatic carbocycles. The quantitative estimate of drug-likeness (QED) is 0.753. The molecule has 1 aromatic rings. The molecular formula is C12H15F2N. The number of halogens is 2. The fraction of sp³-hybridized carbons (Fsp3) is 0.500. The Morgan fingerprint density at radius 2 is 2.13 bits per heavy atom. The number of benzene rings is 1. The third-order valence-corrected chi connectivity index (χ3v) is 3.15. The van der Waals surface area contributed by atoms with Crippen molar-refractivity contribution in [3.05, 3.63) is 35.4 Å². The third kappa shape index (κ3) is 2.17. The van der Waals surface area contributed by atoms with E-state index >= 15 is 0 Å². The summed E-state index contributed by atoms with van der Waals surface area (Å²) >= 11 is 0. The fourth-order valence-corrected chi connectivity index (χ4v) is 2.28. The van der Waals surface area contributed by atoms with Gasteiger partial charge in [-0.1, -0.05) is 13.0 Å². The van der Waals surface area contributed by atoms with Crippen molar-refractivity contribution < 1.29 is 8.78 Å².